The van der Waals surface area contributed by atoms with Crippen molar-refractivity contribution in [3.05, 3.63) is 12.0 Å². The molecule has 1 heterocycles. The van der Waals surface area contributed by atoms with Gasteiger partial charge in [0.1, 0.15) is 5.82 Å². The molecule has 0 spiro atoms. The van der Waals surface area contributed by atoms with Crippen LogP contribution in [0.25, 0.3) is 0 Å². The molecule has 0 atom stereocenters. The Balaban J connectivity index is 3.02. The summed E-state index contributed by atoms with van der Waals surface area (Å²) in [6, 6.07) is 0. The number of hydrogen-bond donors (Lipinski definition) is 0. The van der Waals surface area contributed by atoms with Crippen molar-refractivity contribution < 1.29 is 8.42 Å². The van der Waals surface area contributed by atoms with E-state index in [0.717, 1.165) is 0 Å². The zero-order chi connectivity index (χ0) is 13.8. The van der Waals surface area contributed by atoms with Crippen LogP contribution in [0.2, 0.25) is 0 Å². The van der Waals surface area contributed by atoms with Crippen molar-refractivity contribution in [3.8, 4) is 0 Å². The van der Waals surface area contributed by atoms with Crippen molar-refractivity contribution in [3.63, 3.8) is 0 Å². The highest BCUT2D eigenvalue weighted by Gasteiger charge is 2.25. The van der Waals surface area contributed by atoms with Gasteiger partial charge in [0, 0.05) is 31.7 Å². The summed E-state index contributed by atoms with van der Waals surface area (Å²) in [7, 11) is -3.49. The Kier molecular flexibility index (Phi) is 5.62. The van der Waals surface area contributed by atoms with Crippen LogP contribution in [0, 0.1) is 6.92 Å². The van der Waals surface area contributed by atoms with Crippen molar-refractivity contribution in [2.75, 3.05) is 19.0 Å². The van der Waals surface area contributed by atoms with E-state index < -0.39 is 10.0 Å². The number of sulfonamides is 1. The van der Waals surface area contributed by atoms with Crippen LogP contribution in [0.3, 0.4) is 0 Å². The minimum atomic E-state index is -3.49. The van der Waals surface area contributed by atoms with Gasteiger partial charge in [0.05, 0.1) is 0 Å². The number of halogens is 1. The lowest BCUT2D eigenvalue weighted by atomic mass is 10.5. The predicted molar refractivity (Wildman–Crippen MR) is 72.4 cm³/mol. The molecular formula is C11H20ClN3O2S. The van der Waals surface area contributed by atoms with Gasteiger partial charge in [-0.2, -0.15) is 4.31 Å². The zero-order valence-electron chi connectivity index (χ0n) is 11.1. The Morgan fingerprint density at radius 3 is 2.56 bits per heavy atom. The molecule has 1 aromatic rings. The lowest BCUT2D eigenvalue weighted by Gasteiger charge is -2.18. The van der Waals surface area contributed by atoms with Crippen molar-refractivity contribution in [1.29, 1.82) is 0 Å². The van der Waals surface area contributed by atoms with Crippen molar-refractivity contribution in [2.24, 2.45) is 0 Å². The molecule has 0 aliphatic rings. The monoisotopic (exact) mass is 293 g/mol. The van der Waals surface area contributed by atoms with Crippen LogP contribution in [0.1, 0.15) is 26.1 Å². The van der Waals surface area contributed by atoms with Gasteiger partial charge in [0.15, 0.2) is 5.03 Å². The molecule has 0 fully saturated rings. The normalized spacial score (nSPS) is 12.3. The molecule has 5 nitrogen and oxygen atoms in total. The van der Waals surface area contributed by atoms with Crippen LogP contribution in [-0.2, 0) is 16.6 Å². The van der Waals surface area contributed by atoms with Gasteiger partial charge in [-0.15, -0.1) is 11.6 Å². The van der Waals surface area contributed by atoms with Crippen LogP contribution >= 0.6 is 11.6 Å². The van der Waals surface area contributed by atoms with Crippen LogP contribution in [0.4, 0.5) is 0 Å². The Bertz CT molecular complexity index is 484. The first-order valence-corrected chi connectivity index (χ1v) is 8.04. The molecule has 0 saturated carbocycles. The van der Waals surface area contributed by atoms with Gasteiger partial charge in [-0.05, 0) is 20.3 Å². The number of aryl methyl sites for hydroxylation is 2. The topological polar surface area (TPSA) is 55.2 Å². The first-order valence-electron chi connectivity index (χ1n) is 6.07. The molecule has 0 aliphatic heterocycles. The molecule has 0 amide bonds. The van der Waals surface area contributed by atoms with Crippen LogP contribution in [0.15, 0.2) is 11.2 Å². The molecule has 0 bridgehead atoms. The van der Waals surface area contributed by atoms with Crippen LogP contribution in [-0.4, -0.2) is 41.2 Å². The minimum Gasteiger partial charge on any atom is -0.334 e. The summed E-state index contributed by atoms with van der Waals surface area (Å²) in [5.41, 5.74) is 0. The maximum absolute atomic E-state index is 12.4. The van der Waals surface area contributed by atoms with E-state index in [0.29, 0.717) is 37.8 Å². The van der Waals surface area contributed by atoms with Crippen molar-refractivity contribution in [1.82, 2.24) is 13.9 Å². The van der Waals surface area contributed by atoms with Crippen molar-refractivity contribution >= 4 is 21.6 Å². The predicted octanol–water partition coefficient (Wildman–Crippen LogP) is 1.85. The molecule has 0 aromatic carbocycles. The number of aromatic nitrogens is 2. The maximum Gasteiger partial charge on any atom is 0.262 e. The Hall–Kier alpha value is -0.590. The van der Waals surface area contributed by atoms with Crippen LogP contribution in [0.5, 0.6) is 0 Å². The third-order valence-electron chi connectivity index (χ3n) is 2.79. The minimum absolute atomic E-state index is 0.123. The summed E-state index contributed by atoms with van der Waals surface area (Å²) < 4.78 is 28.0. The molecule has 0 radical (unpaired) electrons. The first kappa shape index (κ1) is 15.5. The van der Waals surface area contributed by atoms with Gasteiger partial charge in [-0.1, -0.05) is 6.92 Å². The lowest BCUT2D eigenvalue weighted by Crippen LogP contribution is -2.32. The lowest BCUT2D eigenvalue weighted by molar-refractivity contribution is 0.426. The highest BCUT2D eigenvalue weighted by molar-refractivity contribution is 7.89. The van der Waals surface area contributed by atoms with Gasteiger partial charge in [-0.3, -0.25) is 0 Å². The largest absolute Gasteiger partial charge is 0.334 e. The molecule has 104 valence electrons. The second-order valence-corrected chi connectivity index (χ2v) is 6.21. The second-order valence-electron chi connectivity index (χ2n) is 3.95. The van der Waals surface area contributed by atoms with Crippen molar-refractivity contribution in [2.45, 2.75) is 38.8 Å². The summed E-state index contributed by atoms with van der Waals surface area (Å²) >= 11 is 5.61. The number of alkyl halides is 1. The van der Waals surface area contributed by atoms with E-state index in [2.05, 4.69) is 4.98 Å². The van der Waals surface area contributed by atoms with E-state index in [-0.39, 0.29) is 5.03 Å². The van der Waals surface area contributed by atoms with Gasteiger partial charge < -0.3 is 4.57 Å². The first-order chi connectivity index (χ1) is 8.47. The summed E-state index contributed by atoms with van der Waals surface area (Å²) in [4.78, 5) is 4.13. The highest BCUT2D eigenvalue weighted by atomic mass is 35.5. The fraction of sp³-hybridized carbons (Fsp3) is 0.727. The fourth-order valence-electron chi connectivity index (χ4n) is 1.74. The summed E-state index contributed by atoms with van der Waals surface area (Å²) in [5.74, 6) is 1.17. The SMILES string of the molecule is CCN(CCCCl)S(=O)(=O)c1cn(CC)c(C)n1. The smallest absolute Gasteiger partial charge is 0.262 e. The average Bonchev–Trinajstić information content (AvgIpc) is 2.72. The molecule has 1 aromatic heterocycles. The van der Waals surface area contributed by atoms with E-state index in [9.17, 15) is 8.42 Å². The zero-order valence-corrected chi connectivity index (χ0v) is 12.6. The summed E-state index contributed by atoms with van der Waals surface area (Å²) in [6.07, 6.45) is 2.23. The average molecular weight is 294 g/mol. The van der Waals surface area contributed by atoms with E-state index in [1.165, 1.54) is 4.31 Å². The molecule has 0 saturated heterocycles. The van der Waals surface area contributed by atoms with Gasteiger partial charge in [0.2, 0.25) is 0 Å². The van der Waals surface area contributed by atoms with E-state index in [4.69, 9.17) is 11.6 Å². The summed E-state index contributed by atoms with van der Waals surface area (Å²) in [5, 5.41) is 0.123. The number of rotatable bonds is 7. The molecule has 1 rings (SSSR count). The third-order valence-corrected chi connectivity index (χ3v) is 4.91. The molecule has 0 N–H and O–H groups in total. The van der Waals surface area contributed by atoms with E-state index >= 15 is 0 Å². The van der Waals surface area contributed by atoms with E-state index in [1.807, 2.05) is 18.4 Å². The summed E-state index contributed by atoms with van der Waals surface area (Å²) in [6.45, 7) is 7.14. The number of imidazole rings is 1. The Morgan fingerprint density at radius 2 is 2.11 bits per heavy atom. The molecule has 18 heavy (non-hydrogen) atoms. The third kappa shape index (κ3) is 3.24. The molecule has 7 heteroatoms. The van der Waals surface area contributed by atoms with E-state index in [1.54, 1.807) is 13.1 Å². The van der Waals surface area contributed by atoms with Gasteiger partial charge >= 0.3 is 0 Å². The van der Waals surface area contributed by atoms with Gasteiger partial charge in [-0.25, -0.2) is 13.4 Å². The highest BCUT2D eigenvalue weighted by Crippen LogP contribution is 2.15. The van der Waals surface area contributed by atoms with Crippen LogP contribution < -0.4 is 0 Å². The maximum atomic E-state index is 12.4. The molecular weight excluding hydrogens is 274 g/mol. The quantitative estimate of drug-likeness (QED) is 0.721. The standard InChI is InChI=1S/C11H20ClN3O2S/c1-4-14-9-11(13-10(14)3)18(16,17)15(5-2)8-6-7-12/h9H,4-8H2,1-3H3. The number of nitrogens with zero attached hydrogens (tertiary/aromatic N) is 3. The number of hydrogen-bond acceptors (Lipinski definition) is 3. The Morgan fingerprint density at radius 1 is 1.44 bits per heavy atom. The Labute approximate surface area is 114 Å². The second kappa shape index (κ2) is 6.54. The van der Waals surface area contributed by atoms with Gasteiger partial charge in [0.25, 0.3) is 10.0 Å². The molecule has 0 aliphatic carbocycles. The fourth-order valence-corrected chi connectivity index (χ4v) is 3.34. The molecule has 0 unspecified atom stereocenters.